The van der Waals surface area contributed by atoms with E-state index < -0.39 is 6.04 Å². The summed E-state index contributed by atoms with van der Waals surface area (Å²) in [6.45, 7) is 4.29. The SMILES string of the molecule is CCCCCCCC(=O)C1=C(O)C(C)N(Cc2ccc(N(C)C)cc2)C1=O. The average molecular weight is 373 g/mol. The van der Waals surface area contributed by atoms with E-state index in [2.05, 4.69) is 6.92 Å². The Kier molecular flexibility index (Phi) is 7.45. The Bertz CT molecular complexity index is 692. The molecule has 1 N–H and O–H groups in total. The summed E-state index contributed by atoms with van der Waals surface area (Å²) in [5.41, 5.74) is 2.05. The van der Waals surface area contributed by atoms with Crippen molar-refractivity contribution < 1.29 is 14.7 Å². The van der Waals surface area contributed by atoms with Crippen LogP contribution in [0.15, 0.2) is 35.6 Å². The molecule has 0 aliphatic carbocycles. The van der Waals surface area contributed by atoms with Gasteiger partial charge >= 0.3 is 0 Å². The van der Waals surface area contributed by atoms with Crippen LogP contribution in [0, 0.1) is 0 Å². The lowest BCUT2D eigenvalue weighted by Crippen LogP contribution is -2.33. The van der Waals surface area contributed by atoms with Crippen LogP contribution in [0.1, 0.15) is 57.9 Å². The monoisotopic (exact) mass is 372 g/mol. The third-order valence-electron chi connectivity index (χ3n) is 5.19. The molecule has 0 saturated carbocycles. The molecule has 1 unspecified atom stereocenters. The summed E-state index contributed by atoms with van der Waals surface area (Å²) in [6, 6.07) is 7.47. The van der Waals surface area contributed by atoms with Crippen molar-refractivity contribution in [2.45, 2.75) is 65.0 Å². The largest absolute Gasteiger partial charge is 0.509 e. The van der Waals surface area contributed by atoms with Crippen LogP contribution in [0.4, 0.5) is 5.69 Å². The summed E-state index contributed by atoms with van der Waals surface area (Å²) < 4.78 is 0. The molecule has 2 rings (SSSR count). The number of unbranched alkanes of at least 4 members (excludes halogenated alkanes) is 4. The van der Waals surface area contributed by atoms with Gasteiger partial charge in [-0.15, -0.1) is 0 Å². The molecule has 1 aromatic rings. The summed E-state index contributed by atoms with van der Waals surface area (Å²) >= 11 is 0. The van der Waals surface area contributed by atoms with Gasteiger partial charge in [-0.25, -0.2) is 0 Å². The van der Waals surface area contributed by atoms with Gasteiger partial charge in [0.1, 0.15) is 11.3 Å². The quantitative estimate of drug-likeness (QED) is 0.493. The highest BCUT2D eigenvalue weighted by Gasteiger charge is 2.39. The summed E-state index contributed by atoms with van der Waals surface area (Å²) in [4.78, 5) is 28.8. The molecule has 0 spiro atoms. The Hall–Kier alpha value is -2.30. The molecule has 1 heterocycles. The van der Waals surface area contributed by atoms with Crippen LogP contribution in [-0.4, -0.2) is 41.8 Å². The van der Waals surface area contributed by atoms with Crippen molar-refractivity contribution in [2.24, 2.45) is 0 Å². The van der Waals surface area contributed by atoms with Gasteiger partial charge in [-0.05, 0) is 31.0 Å². The number of aliphatic hydroxyl groups is 1. The number of benzene rings is 1. The predicted octanol–water partition coefficient (Wildman–Crippen LogP) is 4.23. The second-order valence-electron chi connectivity index (χ2n) is 7.52. The number of ketones is 1. The van der Waals surface area contributed by atoms with Crippen molar-refractivity contribution in [3.05, 3.63) is 41.2 Å². The van der Waals surface area contributed by atoms with E-state index in [9.17, 15) is 14.7 Å². The van der Waals surface area contributed by atoms with E-state index in [4.69, 9.17) is 0 Å². The molecule has 1 aliphatic rings. The number of anilines is 1. The Morgan fingerprint density at radius 2 is 1.74 bits per heavy atom. The van der Waals surface area contributed by atoms with Crippen LogP contribution >= 0.6 is 0 Å². The number of amides is 1. The molecule has 0 fully saturated rings. The van der Waals surface area contributed by atoms with E-state index in [-0.39, 0.29) is 23.0 Å². The molecule has 1 atom stereocenters. The summed E-state index contributed by atoms with van der Waals surface area (Å²) in [6.07, 6.45) is 5.50. The fraction of sp³-hybridized carbons (Fsp3) is 0.545. The van der Waals surface area contributed by atoms with Crippen LogP contribution in [0.25, 0.3) is 0 Å². The molecule has 0 bridgehead atoms. The summed E-state index contributed by atoms with van der Waals surface area (Å²) in [7, 11) is 3.95. The minimum absolute atomic E-state index is 0.0112. The van der Waals surface area contributed by atoms with Crippen molar-refractivity contribution in [1.82, 2.24) is 4.90 Å². The van der Waals surface area contributed by atoms with E-state index in [1.54, 1.807) is 11.8 Å². The molecular weight excluding hydrogens is 340 g/mol. The van der Waals surface area contributed by atoms with Gasteiger partial charge in [0.15, 0.2) is 5.78 Å². The first-order chi connectivity index (χ1) is 12.9. The van der Waals surface area contributed by atoms with Gasteiger partial charge in [0, 0.05) is 32.7 Å². The minimum atomic E-state index is -0.468. The van der Waals surface area contributed by atoms with Gasteiger partial charge in [-0.3, -0.25) is 9.59 Å². The smallest absolute Gasteiger partial charge is 0.261 e. The highest BCUT2D eigenvalue weighted by Crippen LogP contribution is 2.28. The maximum absolute atomic E-state index is 12.8. The highest BCUT2D eigenvalue weighted by atomic mass is 16.3. The van der Waals surface area contributed by atoms with Crippen LogP contribution in [0.5, 0.6) is 0 Å². The first-order valence-corrected chi connectivity index (χ1v) is 9.90. The molecule has 0 aromatic heterocycles. The summed E-state index contributed by atoms with van der Waals surface area (Å²) in [5.74, 6) is -0.662. The first kappa shape index (κ1) is 21.0. The van der Waals surface area contributed by atoms with Crippen molar-refractivity contribution in [1.29, 1.82) is 0 Å². The van der Waals surface area contributed by atoms with Crippen LogP contribution in [0.3, 0.4) is 0 Å². The molecule has 0 saturated heterocycles. The molecule has 0 radical (unpaired) electrons. The molecule has 5 nitrogen and oxygen atoms in total. The molecule has 1 aromatic carbocycles. The second-order valence-corrected chi connectivity index (χ2v) is 7.52. The fourth-order valence-corrected chi connectivity index (χ4v) is 3.37. The van der Waals surface area contributed by atoms with Crippen LogP contribution in [-0.2, 0) is 16.1 Å². The van der Waals surface area contributed by atoms with Gasteiger partial charge in [-0.1, -0.05) is 44.7 Å². The third-order valence-corrected chi connectivity index (χ3v) is 5.19. The Morgan fingerprint density at radius 3 is 2.33 bits per heavy atom. The maximum Gasteiger partial charge on any atom is 0.261 e. The van der Waals surface area contributed by atoms with Gasteiger partial charge < -0.3 is 14.9 Å². The Morgan fingerprint density at radius 1 is 1.11 bits per heavy atom. The number of hydrogen-bond acceptors (Lipinski definition) is 4. The van der Waals surface area contributed by atoms with Crippen LogP contribution in [0.2, 0.25) is 0 Å². The predicted molar refractivity (Wildman–Crippen MR) is 109 cm³/mol. The lowest BCUT2D eigenvalue weighted by molar-refractivity contribution is -0.129. The number of Topliss-reactive ketones (excluding diaryl/α,β-unsaturated/α-hetero) is 1. The number of hydrogen-bond donors (Lipinski definition) is 1. The fourth-order valence-electron chi connectivity index (χ4n) is 3.37. The lowest BCUT2D eigenvalue weighted by Gasteiger charge is -2.22. The number of carbonyl (C=O) groups is 2. The van der Waals surface area contributed by atoms with Gasteiger partial charge in [0.2, 0.25) is 0 Å². The van der Waals surface area contributed by atoms with Crippen molar-refractivity contribution in [3.63, 3.8) is 0 Å². The molecule has 5 heteroatoms. The van der Waals surface area contributed by atoms with E-state index in [1.807, 2.05) is 43.3 Å². The van der Waals surface area contributed by atoms with E-state index in [1.165, 1.54) is 6.42 Å². The number of aliphatic hydroxyl groups excluding tert-OH is 1. The maximum atomic E-state index is 12.8. The molecule has 148 valence electrons. The Labute approximate surface area is 162 Å². The lowest BCUT2D eigenvalue weighted by atomic mass is 10.0. The van der Waals surface area contributed by atoms with Crippen molar-refractivity contribution in [2.75, 3.05) is 19.0 Å². The minimum Gasteiger partial charge on any atom is -0.509 e. The third kappa shape index (κ3) is 5.12. The van der Waals surface area contributed by atoms with E-state index in [0.717, 1.165) is 36.9 Å². The Balaban J connectivity index is 1.99. The molecule has 1 aliphatic heterocycles. The zero-order chi connectivity index (χ0) is 20.0. The topological polar surface area (TPSA) is 60.9 Å². The van der Waals surface area contributed by atoms with E-state index >= 15 is 0 Å². The van der Waals surface area contributed by atoms with E-state index in [0.29, 0.717) is 13.0 Å². The molecule has 27 heavy (non-hydrogen) atoms. The number of rotatable bonds is 10. The van der Waals surface area contributed by atoms with Crippen molar-refractivity contribution >= 4 is 17.4 Å². The molecule has 1 amide bonds. The zero-order valence-corrected chi connectivity index (χ0v) is 17.0. The summed E-state index contributed by atoms with van der Waals surface area (Å²) in [5, 5.41) is 10.4. The highest BCUT2D eigenvalue weighted by molar-refractivity contribution is 6.21. The van der Waals surface area contributed by atoms with Gasteiger partial charge in [0.25, 0.3) is 5.91 Å². The molecular formula is C22H32N2O3. The van der Waals surface area contributed by atoms with Gasteiger partial charge in [0.05, 0.1) is 6.04 Å². The average Bonchev–Trinajstić information content (AvgIpc) is 2.85. The normalized spacial score (nSPS) is 17.0. The number of carbonyl (C=O) groups excluding carboxylic acids is 2. The zero-order valence-electron chi connectivity index (χ0n) is 17.0. The van der Waals surface area contributed by atoms with Gasteiger partial charge in [-0.2, -0.15) is 0 Å². The standard InChI is InChI=1S/C22H32N2O3/c1-5-6-7-8-9-10-19(25)20-21(26)16(2)24(22(20)27)15-17-11-13-18(14-12-17)23(3)4/h11-14,16,26H,5-10,15H2,1-4H3. The number of nitrogens with zero attached hydrogens (tertiary/aromatic N) is 2. The first-order valence-electron chi connectivity index (χ1n) is 9.90. The second kappa shape index (κ2) is 9.58. The van der Waals surface area contributed by atoms with Crippen molar-refractivity contribution in [3.8, 4) is 0 Å². The van der Waals surface area contributed by atoms with Crippen LogP contribution < -0.4 is 4.90 Å².